The molecule has 0 aliphatic heterocycles. The topological polar surface area (TPSA) is 67.4 Å². The Balaban J connectivity index is 1.82. The molecule has 2 aromatic carbocycles. The number of nitrogens with one attached hydrogen (secondary N) is 2. The summed E-state index contributed by atoms with van der Waals surface area (Å²) >= 11 is 0. The molecule has 0 radical (unpaired) electrons. The Bertz CT molecular complexity index is 697. The molecule has 0 spiro atoms. The predicted molar refractivity (Wildman–Crippen MR) is 97.1 cm³/mol. The van der Waals surface area contributed by atoms with Gasteiger partial charge in [0.25, 0.3) is 0 Å². The van der Waals surface area contributed by atoms with E-state index in [-0.39, 0.29) is 18.7 Å². The Morgan fingerprint density at radius 2 is 1.56 bits per heavy atom. The van der Waals surface area contributed by atoms with Crippen LogP contribution in [-0.4, -0.2) is 17.9 Å². The van der Waals surface area contributed by atoms with Gasteiger partial charge >= 0.3 is 11.8 Å². The Kier molecular flexibility index (Phi) is 6.57. The minimum atomic E-state index is -0.648. The summed E-state index contributed by atoms with van der Waals surface area (Å²) in [5.41, 5.74) is 1.85. The molecule has 0 bridgehead atoms. The van der Waals surface area contributed by atoms with Gasteiger partial charge in [-0.15, -0.1) is 0 Å². The van der Waals surface area contributed by atoms with Gasteiger partial charge in [-0.2, -0.15) is 0 Å². The van der Waals surface area contributed by atoms with Crippen LogP contribution >= 0.6 is 0 Å². The van der Waals surface area contributed by atoms with Crippen LogP contribution in [0.15, 0.2) is 54.6 Å². The van der Waals surface area contributed by atoms with Gasteiger partial charge in [-0.1, -0.05) is 42.5 Å². The van der Waals surface area contributed by atoms with Crippen LogP contribution in [0.3, 0.4) is 0 Å². The van der Waals surface area contributed by atoms with E-state index in [1.807, 2.05) is 75.4 Å². The lowest BCUT2D eigenvalue weighted by Crippen LogP contribution is -2.40. The van der Waals surface area contributed by atoms with Crippen molar-refractivity contribution in [2.75, 3.05) is 0 Å². The van der Waals surface area contributed by atoms with E-state index in [1.54, 1.807) is 0 Å². The van der Waals surface area contributed by atoms with Gasteiger partial charge in [-0.05, 0) is 44.0 Å². The van der Waals surface area contributed by atoms with Crippen LogP contribution in [0.2, 0.25) is 0 Å². The van der Waals surface area contributed by atoms with Crippen LogP contribution < -0.4 is 15.4 Å². The second-order valence-corrected chi connectivity index (χ2v) is 6.10. The molecule has 5 nitrogen and oxygen atoms in total. The molecular formula is C20H24N2O3. The number of hydrogen-bond donors (Lipinski definition) is 2. The highest BCUT2D eigenvalue weighted by atomic mass is 16.5. The molecule has 2 aromatic rings. The Hall–Kier alpha value is -2.82. The highest BCUT2D eigenvalue weighted by molar-refractivity contribution is 6.35. The molecule has 2 N–H and O–H groups in total. The van der Waals surface area contributed by atoms with Gasteiger partial charge < -0.3 is 15.4 Å². The summed E-state index contributed by atoms with van der Waals surface area (Å²) < 4.78 is 5.57. The molecule has 5 heteroatoms. The zero-order chi connectivity index (χ0) is 18.2. The smallest absolute Gasteiger partial charge is 0.309 e. The lowest BCUT2D eigenvalue weighted by molar-refractivity contribution is -0.139. The SMILES string of the molecule is CC(C)Oc1ccc(CNC(=O)C(=O)N[C@@H](C)c2ccccc2)cc1. The van der Waals surface area contributed by atoms with Crippen molar-refractivity contribution in [2.45, 2.75) is 39.5 Å². The number of benzene rings is 2. The summed E-state index contributed by atoms with van der Waals surface area (Å²) in [7, 11) is 0. The summed E-state index contributed by atoms with van der Waals surface area (Å²) in [6.45, 7) is 6.05. The molecule has 25 heavy (non-hydrogen) atoms. The minimum Gasteiger partial charge on any atom is -0.491 e. The van der Waals surface area contributed by atoms with Gasteiger partial charge in [0.15, 0.2) is 0 Å². The number of hydrogen-bond acceptors (Lipinski definition) is 3. The van der Waals surface area contributed by atoms with Crippen LogP contribution in [-0.2, 0) is 16.1 Å². The molecule has 1 atom stereocenters. The predicted octanol–water partition coefficient (Wildman–Crippen LogP) is 2.97. The monoisotopic (exact) mass is 340 g/mol. The van der Waals surface area contributed by atoms with Crippen molar-refractivity contribution >= 4 is 11.8 Å². The molecule has 2 rings (SSSR count). The van der Waals surface area contributed by atoms with Crippen molar-refractivity contribution < 1.29 is 14.3 Å². The Morgan fingerprint density at radius 3 is 2.16 bits per heavy atom. The first-order valence-corrected chi connectivity index (χ1v) is 8.35. The average molecular weight is 340 g/mol. The van der Waals surface area contributed by atoms with Crippen molar-refractivity contribution in [2.24, 2.45) is 0 Å². The second kappa shape index (κ2) is 8.87. The second-order valence-electron chi connectivity index (χ2n) is 6.10. The summed E-state index contributed by atoms with van der Waals surface area (Å²) in [6, 6.07) is 16.7. The lowest BCUT2D eigenvalue weighted by Gasteiger charge is -2.14. The van der Waals surface area contributed by atoms with Crippen LogP contribution in [0, 0.1) is 0 Å². The van der Waals surface area contributed by atoms with E-state index < -0.39 is 11.8 Å². The largest absolute Gasteiger partial charge is 0.491 e. The van der Waals surface area contributed by atoms with Gasteiger partial charge in [0.1, 0.15) is 5.75 Å². The maximum atomic E-state index is 12.0. The van der Waals surface area contributed by atoms with E-state index >= 15 is 0 Å². The summed E-state index contributed by atoms with van der Waals surface area (Å²) in [4.78, 5) is 23.9. The van der Waals surface area contributed by atoms with Crippen LogP contribution in [0.25, 0.3) is 0 Å². The summed E-state index contributed by atoms with van der Waals surface area (Å²) in [5, 5.41) is 5.32. The fourth-order valence-corrected chi connectivity index (χ4v) is 2.31. The van der Waals surface area contributed by atoms with Crippen molar-refractivity contribution in [3.8, 4) is 5.75 Å². The third-order valence-electron chi connectivity index (χ3n) is 3.60. The molecule has 0 saturated carbocycles. The van der Waals surface area contributed by atoms with Crippen molar-refractivity contribution in [3.63, 3.8) is 0 Å². The van der Waals surface area contributed by atoms with Gasteiger partial charge in [0.05, 0.1) is 12.1 Å². The number of rotatable bonds is 6. The highest BCUT2D eigenvalue weighted by Crippen LogP contribution is 2.14. The average Bonchev–Trinajstić information content (AvgIpc) is 2.61. The third-order valence-corrected chi connectivity index (χ3v) is 3.60. The van der Waals surface area contributed by atoms with Crippen LogP contribution in [0.5, 0.6) is 5.75 Å². The number of ether oxygens (including phenoxy) is 1. The van der Waals surface area contributed by atoms with Gasteiger partial charge in [-0.3, -0.25) is 9.59 Å². The normalized spacial score (nSPS) is 11.7. The van der Waals surface area contributed by atoms with Crippen LogP contribution in [0.4, 0.5) is 0 Å². The van der Waals surface area contributed by atoms with Gasteiger partial charge in [0, 0.05) is 6.54 Å². The molecule has 2 amide bonds. The third kappa shape index (κ3) is 5.95. The van der Waals surface area contributed by atoms with Crippen molar-refractivity contribution in [1.29, 1.82) is 0 Å². The van der Waals surface area contributed by atoms with Crippen LogP contribution in [0.1, 0.15) is 37.9 Å². The van der Waals surface area contributed by atoms with E-state index in [0.29, 0.717) is 0 Å². The van der Waals surface area contributed by atoms with Gasteiger partial charge in [-0.25, -0.2) is 0 Å². The number of carbonyl (C=O) groups excluding carboxylic acids is 2. The van der Waals surface area contributed by atoms with Gasteiger partial charge in [0.2, 0.25) is 0 Å². The maximum absolute atomic E-state index is 12.0. The fraction of sp³-hybridized carbons (Fsp3) is 0.300. The molecule has 0 aliphatic carbocycles. The number of carbonyl (C=O) groups is 2. The molecule has 0 aromatic heterocycles. The quantitative estimate of drug-likeness (QED) is 0.795. The van der Waals surface area contributed by atoms with E-state index in [2.05, 4.69) is 10.6 Å². The summed E-state index contributed by atoms with van der Waals surface area (Å²) in [5.74, 6) is -0.513. The minimum absolute atomic E-state index is 0.112. The zero-order valence-electron chi connectivity index (χ0n) is 14.8. The summed E-state index contributed by atoms with van der Waals surface area (Å²) in [6.07, 6.45) is 0.112. The first-order chi connectivity index (χ1) is 12.0. The molecule has 0 aliphatic rings. The maximum Gasteiger partial charge on any atom is 0.309 e. The lowest BCUT2D eigenvalue weighted by atomic mass is 10.1. The molecule has 0 saturated heterocycles. The zero-order valence-corrected chi connectivity index (χ0v) is 14.8. The van der Waals surface area contributed by atoms with E-state index in [0.717, 1.165) is 16.9 Å². The molecule has 132 valence electrons. The van der Waals surface area contributed by atoms with Crippen molar-refractivity contribution in [3.05, 3.63) is 65.7 Å². The Labute approximate surface area is 148 Å². The molecular weight excluding hydrogens is 316 g/mol. The van der Waals surface area contributed by atoms with E-state index in [4.69, 9.17) is 4.74 Å². The fourth-order valence-electron chi connectivity index (χ4n) is 2.31. The van der Waals surface area contributed by atoms with E-state index in [1.165, 1.54) is 0 Å². The molecule has 0 unspecified atom stereocenters. The highest BCUT2D eigenvalue weighted by Gasteiger charge is 2.16. The van der Waals surface area contributed by atoms with E-state index in [9.17, 15) is 9.59 Å². The van der Waals surface area contributed by atoms with Crippen molar-refractivity contribution in [1.82, 2.24) is 10.6 Å². The number of amides is 2. The molecule has 0 heterocycles. The first-order valence-electron chi connectivity index (χ1n) is 8.35. The Morgan fingerprint density at radius 1 is 0.920 bits per heavy atom. The standard InChI is InChI=1S/C20H24N2O3/c1-14(2)25-18-11-9-16(10-12-18)13-21-19(23)20(24)22-15(3)17-7-5-4-6-8-17/h4-12,14-15H,13H2,1-3H3,(H,21,23)(H,22,24)/t15-/m0/s1. The molecule has 0 fully saturated rings. The first kappa shape index (κ1) is 18.5.